The summed E-state index contributed by atoms with van der Waals surface area (Å²) < 4.78 is 4.76. The number of ether oxygens (including phenoxy) is 1. The van der Waals surface area contributed by atoms with Gasteiger partial charge in [-0.3, -0.25) is 9.69 Å². The van der Waals surface area contributed by atoms with Crippen LogP contribution in [0.2, 0.25) is 0 Å². The molecule has 0 bridgehead atoms. The van der Waals surface area contributed by atoms with Gasteiger partial charge < -0.3 is 15.6 Å². The number of hydrogen-bond donors (Lipinski definition) is 2. The monoisotopic (exact) mass is 304 g/mol. The van der Waals surface area contributed by atoms with Crippen LogP contribution in [0.4, 0.5) is 4.79 Å². The fourth-order valence-electron chi connectivity index (χ4n) is 1.81. The van der Waals surface area contributed by atoms with Crippen molar-refractivity contribution in [1.29, 1.82) is 0 Å². The Labute approximate surface area is 117 Å². The standard InChI is InChI=1S/C10H12N2O5S2/c1-2-17-10(16)19-4-3-18-8-5(11)7(13)12(8)6(4)9(14)15/h5,8H,2-3,11H2,1H3,(H,14,15)/t5-,8?/m1/s1. The van der Waals surface area contributed by atoms with E-state index in [4.69, 9.17) is 10.5 Å². The van der Waals surface area contributed by atoms with Crippen LogP contribution in [0.25, 0.3) is 0 Å². The fourth-order valence-corrected chi connectivity index (χ4v) is 4.05. The molecule has 1 saturated heterocycles. The summed E-state index contributed by atoms with van der Waals surface area (Å²) in [6.45, 7) is 1.87. The Kier molecular flexibility index (Phi) is 4.07. The number of aliphatic carboxylic acids is 1. The molecule has 3 N–H and O–H groups in total. The third kappa shape index (κ3) is 2.45. The lowest BCUT2D eigenvalue weighted by Gasteiger charge is -2.47. The number of carbonyl (C=O) groups is 3. The summed E-state index contributed by atoms with van der Waals surface area (Å²) in [6, 6.07) is -0.673. The molecule has 19 heavy (non-hydrogen) atoms. The van der Waals surface area contributed by atoms with Crippen molar-refractivity contribution in [3.05, 3.63) is 10.6 Å². The van der Waals surface area contributed by atoms with E-state index in [0.29, 0.717) is 22.4 Å². The van der Waals surface area contributed by atoms with Crippen molar-refractivity contribution < 1.29 is 24.2 Å². The van der Waals surface area contributed by atoms with Gasteiger partial charge in [0.2, 0.25) is 5.91 Å². The van der Waals surface area contributed by atoms with Crippen LogP contribution < -0.4 is 5.73 Å². The Hall–Kier alpha value is -1.19. The number of hydrogen-bond acceptors (Lipinski definition) is 7. The van der Waals surface area contributed by atoms with Gasteiger partial charge in [-0.2, -0.15) is 0 Å². The lowest BCUT2D eigenvalue weighted by atomic mass is 10.1. The first-order valence-corrected chi connectivity index (χ1v) is 7.35. The number of amides is 1. The number of thioether (sulfide) groups is 2. The molecule has 0 aromatic carbocycles. The normalized spacial score (nSPS) is 25.8. The van der Waals surface area contributed by atoms with Crippen molar-refractivity contribution in [1.82, 2.24) is 4.90 Å². The second-order valence-corrected chi connectivity index (χ2v) is 5.93. The van der Waals surface area contributed by atoms with Crippen molar-refractivity contribution in [2.75, 3.05) is 12.4 Å². The van der Waals surface area contributed by atoms with Gasteiger partial charge in [-0.15, -0.1) is 11.8 Å². The predicted octanol–water partition coefficient (Wildman–Crippen LogP) is 0.415. The van der Waals surface area contributed by atoms with E-state index in [1.165, 1.54) is 11.8 Å². The van der Waals surface area contributed by atoms with Crippen LogP contribution in [-0.2, 0) is 14.3 Å². The van der Waals surface area contributed by atoms with E-state index < -0.39 is 23.2 Å². The maximum atomic E-state index is 11.6. The molecule has 0 radical (unpaired) electrons. The van der Waals surface area contributed by atoms with Crippen molar-refractivity contribution in [3.63, 3.8) is 0 Å². The number of nitrogens with zero attached hydrogens (tertiary/aromatic N) is 1. The number of carboxylic acids is 1. The van der Waals surface area contributed by atoms with Crippen molar-refractivity contribution in [2.24, 2.45) is 5.73 Å². The molecule has 9 heteroatoms. The number of nitrogens with two attached hydrogens (primary N) is 1. The van der Waals surface area contributed by atoms with E-state index in [1.807, 2.05) is 0 Å². The molecule has 2 aliphatic heterocycles. The first-order chi connectivity index (χ1) is 8.97. The lowest BCUT2D eigenvalue weighted by molar-refractivity contribution is -0.147. The number of carbonyl (C=O) groups excluding carboxylic acids is 2. The number of fused-ring (bicyclic) bond motifs is 1. The van der Waals surface area contributed by atoms with Crippen LogP contribution in [0.3, 0.4) is 0 Å². The van der Waals surface area contributed by atoms with Gasteiger partial charge in [-0.1, -0.05) is 0 Å². The summed E-state index contributed by atoms with van der Waals surface area (Å²) in [5.41, 5.74) is 5.45. The topological polar surface area (TPSA) is 110 Å². The van der Waals surface area contributed by atoms with Crippen LogP contribution in [0.15, 0.2) is 10.6 Å². The summed E-state index contributed by atoms with van der Waals surface area (Å²) in [5, 5.41) is 8.28. The Balaban J connectivity index is 2.25. The molecule has 1 unspecified atom stereocenters. The van der Waals surface area contributed by atoms with Gasteiger partial charge >= 0.3 is 11.3 Å². The minimum atomic E-state index is -1.24. The molecule has 0 spiro atoms. The van der Waals surface area contributed by atoms with Gasteiger partial charge in [0.15, 0.2) is 0 Å². The van der Waals surface area contributed by atoms with Gasteiger partial charge in [-0.05, 0) is 18.7 Å². The SMILES string of the molecule is CCOC(=O)SC1=C(C(=O)O)N2C(=O)[C@@H](N)C2SC1. The molecule has 1 amide bonds. The van der Waals surface area contributed by atoms with Gasteiger partial charge in [-0.25, -0.2) is 9.59 Å². The maximum Gasteiger partial charge on any atom is 0.371 e. The number of carboxylic acid groups (broad SMARTS) is 1. The van der Waals surface area contributed by atoms with Crippen LogP contribution >= 0.6 is 23.5 Å². The summed E-state index contributed by atoms with van der Waals surface area (Å²) in [5.74, 6) is -1.35. The Morgan fingerprint density at radius 1 is 1.63 bits per heavy atom. The molecule has 7 nitrogen and oxygen atoms in total. The van der Waals surface area contributed by atoms with Crippen LogP contribution in [0.5, 0.6) is 0 Å². The highest BCUT2D eigenvalue weighted by molar-refractivity contribution is 8.17. The Bertz CT molecular complexity index is 479. The molecule has 2 heterocycles. The van der Waals surface area contributed by atoms with Crippen LogP contribution in [0, 0.1) is 0 Å². The van der Waals surface area contributed by atoms with Gasteiger partial charge in [0.05, 0.1) is 6.61 Å². The third-order valence-electron chi connectivity index (χ3n) is 2.65. The van der Waals surface area contributed by atoms with E-state index in [2.05, 4.69) is 0 Å². The van der Waals surface area contributed by atoms with E-state index in [1.54, 1.807) is 6.92 Å². The highest BCUT2D eigenvalue weighted by Crippen LogP contribution is 2.42. The van der Waals surface area contributed by atoms with E-state index in [9.17, 15) is 19.5 Å². The number of rotatable bonds is 3. The average molecular weight is 304 g/mol. The third-order valence-corrected chi connectivity index (χ3v) is 5.00. The second-order valence-electron chi connectivity index (χ2n) is 3.80. The second kappa shape index (κ2) is 5.43. The Morgan fingerprint density at radius 3 is 2.89 bits per heavy atom. The molecule has 0 saturated carbocycles. The van der Waals surface area contributed by atoms with Gasteiger partial charge in [0, 0.05) is 10.7 Å². The maximum absolute atomic E-state index is 11.6. The Morgan fingerprint density at radius 2 is 2.32 bits per heavy atom. The highest BCUT2D eigenvalue weighted by Gasteiger charge is 2.52. The largest absolute Gasteiger partial charge is 0.477 e. The predicted molar refractivity (Wildman–Crippen MR) is 70.3 cm³/mol. The molecule has 1 fully saturated rings. The lowest BCUT2D eigenvalue weighted by Crippen LogP contribution is -2.68. The van der Waals surface area contributed by atoms with Crippen molar-refractivity contribution in [3.8, 4) is 0 Å². The molecule has 104 valence electrons. The zero-order chi connectivity index (χ0) is 14.2. The molecule has 2 rings (SSSR count). The fraction of sp³-hybridized carbons (Fsp3) is 0.500. The zero-order valence-corrected chi connectivity index (χ0v) is 11.6. The molecule has 0 aliphatic carbocycles. The summed E-state index contributed by atoms with van der Waals surface area (Å²) in [6.07, 6.45) is 0. The minimum absolute atomic E-state index is 0.159. The summed E-state index contributed by atoms with van der Waals surface area (Å²) in [4.78, 5) is 35.8. The van der Waals surface area contributed by atoms with E-state index in [0.717, 1.165) is 4.90 Å². The summed E-state index contributed by atoms with van der Waals surface area (Å²) in [7, 11) is 0. The van der Waals surface area contributed by atoms with Crippen LogP contribution in [-0.4, -0.2) is 51.0 Å². The van der Waals surface area contributed by atoms with Gasteiger partial charge in [0.1, 0.15) is 17.1 Å². The average Bonchev–Trinajstić information content (AvgIpc) is 2.37. The zero-order valence-electron chi connectivity index (χ0n) is 9.99. The van der Waals surface area contributed by atoms with Crippen molar-refractivity contribution >= 4 is 40.7 Å². The molecule has 2 atom stereocenters. The molecule has 0 aromatic heterocycles. The van der Waals surface area contributed by atoms with Gasteiger partial charge in [0.25, 0.3) is 0 Å². The summed E-state index contributed by atoms with van der Waals surface area (Å²) >= 11 is 2.05. The molecule has 2 aliphatic rings. The highest BCUT2D eigenvalue weighted by atomic mass is 32.2. The molecule has 0 aromatic rings. The van der Waals surface area contributed by atoms with Crippen LogP contribution in [0.1, 0.15) is 6.92 Å². The van der Waals surface area contributed by atoms with Crippen molar-refractivity contribution in [2.45, 2.75) is 18.3 Å². The number of β-lactam (4-membered cyclic amide) rings is 1. The first kappa shape index (κ1) is 14.2. The smallest absolute Gasteiger partial charge is 0.371 e. The first-order valence-electron chi connectivity index (χ1n) is 5.48. The molecular weight excluding hydrogens is 292 g/mol. The van der Waals surface area contributed by atoms with E-state index in [-0.39, 0.29) is 17.7 Å². The molecular formula is C10H12N2O5S2. The quantitative estimate of drug-likeness (QED) is 0.570. The van der Waals surface area contributed by atoms with E-state index >= 15 is 0 Å². The minimum Gasteiger partial charge on any atom is -0.477 e.